The zero-order valence-electron chi connectivity index (χ0n) is 12.0. The van der Waals surface area contributed by atoms with Crippen molar-refractivity contribution in [1.29, 1.82) is 0 Å². The smallest absolute Gasteiger partial charge is 0.224 e. The molecule has 0 saturated heterocycles. The van der Waals surface area contributed by atoms with E-state index in [4.69, 9.17) is 0 Å². The number of nitrogens with one attached hydrogen (secondary N) is 2. The van der Waals surface area contributed by atoms with E-state index < -0.39 is 0 Å². The first kappa shape index (κ1) is 14.7. The summed E-state index contributed by atoms with van der Waals surface area (Å²) in [7, 11) is 1.86. The number of carbonyl (C=O) groups is 1. The van der Waals surface area contributed by atoms with Crippen molar-refractivity contribution < 1.29 is 4.79 Å². The summed E-state index contributed by atoms with van der Waals surface area (Å²) in [5.41, 5.74) is 2.00. The highest BCUT2D eigenvalue weighted by molar-refractivity contribution is 5.79. The molecule has 100 valence electrons. The highest BCUT2D eigenvalue weighted by atomic mass is 16.2. The maximum absolute atomic E-state index is 12.1. The topological polar surface area (TPSA) is 41.1 Å². The molecule has 3 nitrogen and oxygen atoms in total. The van der Waals surface area contributed by atoms with Crippen LogP contribution in [-0.2, 0) is 10.3 Å². The van der Waals surface area contributed by atoms with Gasteiger partial charge in [-0.15, -0.1) is 0 Å². The fourth-order valence-corrected chi connectivity index (χ4v) is 1.94. The number of hydrogen-bond acceptors (Lipinski definition) is 2. The van der Waals surface area contributed by atoms with Crippen LogP contribution in [0.25, 0.3) is 0 Å². The van der Waals surface area contributed by atoms with Gasteiger partial charge in [-0.2, -0.15) is 0 Å². The van der Waals surface area contributed by atoms with Crippen molar-refractivity contribution in [3.63, 3.8) is 0 Å². The van der Waals surface area contributed by atoms with Gasteiger partial charge in [-0.25, -0.2) is 0 Å². The Morgan fingerprint density at radius 1 is 1.39 bits per heavy atom. The van der Waals surface area contributed by atoms with Gasteiger partial charge in [0.25, 0.3) is 0 Å². The van der Waals surface area contributed by atoms with Crippen molar-refractivity contribution in [3.05, 3.63) is 35.4 Å². The summed E-state index contributed by atoms with van der Waals surface area (Å²) in [5.74, 6) is 0.0509. The third kappa shape index (κ3) is 3.84. The van der Waals surface area contributed by atoms with Crippen LogP contribution in [0.1, 0.15) is 31.9 Å². The van der Waals surface area contributed by atoms with Gasteiger partial charge in [0.2, 0.25) is 5.91 Å². The van der Waals surface area contributed by atoms with E-state index in [-0.39, 0.29) is 17.4 Å². The number of hydrogen-bond donors (Lipinski definition) is 2. The van der Waals surface area contributed by atoms with Crippen LogP contribution in [0.5, 0.6) is 0 Å². The van der Waals surface area contributed by atoms with Gasteiger partial charge in [-0.1, -0.05) is 36.8 Å². The third-order valence-corrected chi connectivity index (χ3v) is 3.13. The fraction of sp³-hybridized carbons (Fsp3) is 0.533. The Morgan fingerprint density at radius 3 is 2.61 bits per heavy atom. The minimum Gasteiger partial charge on any atom is -0.347 e. The van der Waals surface area contributed by atoms with Crippen LogP contribution in [0, 0.1) is 12.8 Å². The van der Waals surface area contributed by atoms with Gasteiger partial charge in [0.15, 0.2) is 0 Å². The Hall–Kier alpha value is -1.35. The molecule has 18 heavy (non-hydrogen) atoms. The Bertz CT molecular complexity index is 413. The molecular weight excluding hydrogens is 224 g/mol. The van der Waals surface area contributed by atoms with Gasteiger partial charge in [0, 0.05) is 12.5 Å². The molecule has 1 aromatic rings. The molecule has 0 radical (unpaired) electrons. The number of carbonyl (C=O) groups excluding carboxylic acids is 1. The predicted octanol–water partition coefficient (Wildman–Crippen LogP) is 2.20. The molecule has 1 amide bonds. The lowest BCUT2D eigenvalue weighted by atomic mass is 9.92. The molecule has 0 aliphatic heterocycles. The van der Waals surface area contributed by atoms with Gasteiger partial charge in [-0.05, 0) is 33.4 Å². The minimum atomic E-state index is -0.342. The average molecular weight is 248 g/mol. The first-order chi connectivity index (χ1) is 8.36. The van der Waals surface area contributed by atoms with Crippen molar-refractivity contribution in [2.45, 2.75) is 33.2 Å². The Balaban J connectivity index is 2.78. The SMILES string of the molecule is CNCC(C)C(=O)NC(C)(C)c1cccc(C)c1. The predicted molar refractivity (Wildman–Crippen MR) is 75.4 cm³/mol. The van der Waals surface area contributed by atoms with Crippen molar-refractivity contribution >= 4 is 5.91 Å². The van der Waals surface area contributed by atoms with Crippen LogP contribution in [0.3, 0.4) is 0 Å². The minimum absolute atomic E-state index is 0.0286. The molecule has 1 rings (SSSR count). The summed E-state index contributed by atoms with van der Waals surface area (Å²) in [6, 6.07) is 8.25. The van der Waals surface area contributed by atoms with Crippen LogP contribution in [-0.4, -0.2) is 19.5 Å². The lowest BCUT2D eigenvalue weighted by Crippen LogP contribution is -2.45. The van der Waals surface area contributed by atoms with E-state index in [0.717, 1.165) is 5.56 Å². The second-order valence-corrected chi connectivity index (χ2v) is 5.44. The number of rotatable bonds is 5. The first-order valence-electron chi connectivity index (χ1n) is 6.40. The zero-order chi connectivity index (χ0) is 13.8. The Kier molecular flexibility index (Phi) is 4.91. The normalized spacial score (nSPS) is 13.2. The Labute approximate surface area is 110 Å². The lowest BCUT2D eigenvalue weighted by Gasteiger charge is -2.29. The molecule has 0 aliphatic carbocycles. The van der Waals surface area contributed by atoms with Crippen LogP contribution in [0.15, 0.2) is 24.3 Å². The monoisotopic (exact) mass is 248 g/mol. The van der Waals surface area contributed by atoms with E-state index >= 15 is 0 Å². The molecule has 3 heteroatoms. The van der Waals surface area contributed by atoms with Crippen molar-refractivity contribution in [2.75, 3.05) is 13.6 Å². The summed E-state index contributed by atoms with van der Waals surface area (Å²) in [6.07, 6.45) is 0. The summed E-state index contributed by atoms with van der Waals surface area (Å²) in [5, 5.41) is 6.13. The van der Waals surface area contributed by atoms with Crippen molar-refractivity contribution in [2.24, 2.45) is 5.92 Å². The number of benzene rings is 1. The molecule has 0 bridgehead atoms. The zero-order valence-corrected chi connectivity index (χ0v) is 12.0. The van der Waals surface area contributed by atoms with E-state index in [1.165, 1.54) is 5.56 Å². The van der Waals surface area contributed by atoms with Crippen LogP contribution >= 0.6 is 0 Å². The van der Waals surface area contributed by atoms with E-state index in [2.05, 4.69) is 35.8 Å². The first-order valence-corrected chi connectivity index (χ1v) is 6.40. The molecule has 1 aromatic carbocycles. The largest absolute Gasteiger partial charge is 0.347 e. The molecule has 0 aromatic heterocycles. The highest BCUT2D eigenvalue weighted by Crippen LogP contribution is 2.21. The second-order valence-electron chi connectivity index (χ2n) is 5.44. The number of aryl methyl sites for hydroxylation is 1. The van der Waals surface area contributed by atoms with Gasteiger partial charge in [0.1, 0.15) is 0 Å². The van der Waals surface area contributed by atoms with E-state index in [0.29, 0.717) is 6.54 Å². The maximum Gasteiger partial charge on any atom is 0.224 e. The van der Waals surface area contributed by atoms with Crippen LogP contribution < -0.4 is 10.6 Å². The molecule has 0 spiro atoms. The quantitative estimate of drug-likeness (QED) is 0.838. The fourth-order valence-electron chi connectivity index (χ4n) is 1.94. The van der Waals surface area contributed by atoms with E-state index in [1.54, 1.807) is 0 Å². The summed E-state index contributed by atoms with van der Waals surface area (Å²) < 4.78 is 0. The average Bonchev–Trinajstić information content (AvgIpc) is 2.28. The number of amides is 1. The standard InChI is InChI=1S/C15H24N2O/c1-11-7-6-8-13(9-11)15(3,4)17-14(18)12(2)10-16-5/h6-9,12,16H,10H2,1-5H3,(H,17,18). The summed E-state index contributed by atoms with van der Waals surface area (Å²) >= 11 is 0. The van der Waals surface area contributed by atoms with E-state index in [1.807, 2.05) is 33.9 Å². The highest BCUT2D eigenvalue weighted by Gasteiger charge is 2.25. The molecule has 1 atom stereocenters. The molecule has 1 unspecified atom stereocenters. The third-order valence-electron chi connectivity index (χ3n) is 3.13. The second kappa shape index (κ2) is 6.01. The van der Waals surface area contributed by atoms with Gasteiger partial charge >= 0.3 is 0 Å². The molecule has 0 heterocycles. The van der Waals surface area contributed by atoms with Crippen molar-refractivity contribution in [3.8, 4) is 0 Å². The van der Waals surface area contributed by atoms with Gasteiger partial charge in [-0.3, -0.25) is 4.79 Å². The molecule has 0 aliphatic rings. The molecule has 0 fully saturated rings. The van der Waals surface area contributed by atoms with Crippen LogP contribution in [0.4, 0.5) is 0 Å². The molecular formula is C15H24N2O. The summed E-state index contributed by atoms with van der Waals surface area (Å²) in [6.45, 7) is 8.75. The maximum atomic E-state index is 12.1. The summed E-state index contributed by atoms with van der Waals surface area (Å²) in [4.78, 5) is 12.1. The Morgan fingerprint density at radius 2 is 2.06 bits per heavy atom. The van der Waals surface area contributed by atoms with Crippen molar-refractivity contribution in [1.82, 2.24) is 10.6 Å². The van der Waals surface area contributed by atoms with Crippen LogP contribution in [0.2, 0.25) is 0 Å². The van der Waals surface area contributed by atoms with E-state index in [9.17, 15) is 4.79 Å². The lowest BCUT2D eigenvalue weighted by molar-refractivity contribution is -0.126. The molecule has 2 N–H and O–H groups in total. The van der Waals surface area contributed by atoms with Gasteiger partial charge in [0.05, 0.1) is 5.54 Å². The van der Waals surface area contributed by atoms with Gasteiger partial charge < -0.3 is 10.6 Å². The molecule has 0 saturated carbocycles.